The molecular formula is C16H25NO7. The normalized spacial score (nSPS) is 12.9. The number of carbonyl (C=O) groups excluding carboxylic acids is 3. The number of ketones is 2. The molecule has 0 heterocycles. The molecule has 0 fully saturated rings. The molecule has 0 saturated carbocycles. The van der Waals surface area contributed by atoms with Gasteiger partial charge in [-0.15, -0.1) is 0 Å². The van der Waals surface area contributed by atoms with Crippen LogP contribution in [0.3, 0.4) is 0 Å². The average molecular weight is 343 g/mol. The molecule has 1 amide bonds. The van der Waals surface area contributed by atoms with Crippen molar-refractivity contribution in [2.75, 3.05) is 0 Å². The van der Waals surface area contributed by atoms with Gasteiger partial charge >= 0.3 is 11.9 Å². The van der Waals surface area contributed by atoms with E-state index in [0.29, 0.717) is 6.42 Å². The molecule has 24 heavy (non-hydrogen) atoms. The molecule has 1 unspecified atom stereocenters. The first-order valence-electron chi connectivity index (χ1n) is 7.99. The summed E-state index contributed by atoms with van der Waals surface area (Å²) in [5, 5.41) is 20.4. The number of amides is 1. The lowest BCUT2D eigenvalue weighted by Crippen LogP contribution is -2.41. The highest BCUT2D eigenvalue weighted by Crippen LogP contribution is 2.14. The third-order valence-corrected chi connectivity index (χ3v) is 3.68. The number of hydrogen-bond acceptors (Lipinski definition) is 5. The van der Waals surface area contributed by atoms with Crippen LogP contribution in [0.2, 0.25) is 0 Å². The molecule has 0 saturated heterocycles. The minimum absolute atomic E-state index is 0.00950. The molecule has 2 atom stereocenters. The van der Waals surface area contributed by atoms with E-state index in [-0.39, 0.29) is 50.1 Å². The molecule has 0 aromatic carbocycles. The molecule has 0 aromatic rings. The van der Waals surface area contributed by atoms with Crippen molar-refractivity contribution in [1.29, 1.82) is 0 Å². The summed E-state index contributed by atoms with van der Waals surface area (Å²) in [5.74, 6) is -4.28. The number of carbonyl (C=O) groups is 5. The van der Waals surface area contributed by atoms with Crippen LogP contribution in [0.25, 0.3) is 0 Å². The predicted molar refractivity (Wildman–Crippen MR) is 84.4 cm³/mol. The zero-order valence-corrected chi connectivity index (χ0v) is 14.0. The Hall–Kier alpha value is -2.25. The second-order valence-electron chi connectivity index (χ2n) is 5.56. The summed E-state index contributed by atoms with van der Waals surface area (Å²) in [6.07, 6.45) is 0.175. The summed E-state index contributed by atoms with van der Waals surface area (Å²) >= 11 is 0. The van der Waals surface area contributed by atoms with Gasteiger partial charge in [-0.25, -0.2) is 4.79 Å². The Bertz CT molecular complexity index is 487. The quantitative estimate of drug-likeness (QED) is 0.456. The van der Waals surface area contributed by atoms with Gasteiger partial charge in [-0.1, -0.05) is 13.8 Å². The van der Waals surface area contributed by atoms with Crippen LogP contribution in [0.15, 0.2) is 0 Å². The van der Waals surface area contributed by atoms with E-state index in [1.807, 2.05) is 0 Å². The highest BCUT2D eigenvalue weighted by atomic mass is 16.4. The van der Waals surface area contributed by atoms with Crippen molar-refractivity contribution in [1.82, 2.24) is 5.32 Å². The molecule has 0 aliphatic rings. The number of hydrogen-bond donors (Lipinski definition) is 3. The highest BCUT2D eigenvalue weighted by molar-refractivity contribution is 5.86. The number of carboxylic acids is 2. The fourth-order valence-corrected chi connectivity index (χ4v) is 2.04. The molecule has 0 aliphatic heterocycles. The summed E-state index contributed by atoms with van der Waals surface area (Å²) in [5.41, 5.74) is 0. The SMILES string of the molecule is CCC(=O)CCC(NC(=O)CC[C@H](CC(=O)CC)C(=O)O)C(=O)O. The zero-order valence-electron chi connectivity index (χ0n) is 14.0. The highest BCUT2D eigenvalue weighted by Gasteiger charge is 2.24. The molecule has 3 N–H and O–H groups in total. The number of aliphatic carboxylic acids is 2. The summed E-state index contributed by atoms with van der Waals surface area (Å²) in [6.45, 7) is 3.29. The van der Waals surface area contributed by atoms with Crippen molar-refractivity contribution >= 4 is 29.4 Å². The van der Waals surface area contributed by atoms with E-state index < -0.39 is 29.8 Å². The minimum atomic E-state index is -1.25. The largest absolute Gasteiger partial charge is 0.481 e. The van der Waals surface area contributed by atoms with E-state index in [0.717, 1.165) is 0 Å². The summed E-state index contributed by atoms with van der Waals surface area (Å²) in [4.78, 5) is 56.6. The first-order chi connectivity index (χ1) is 11.2. The molecule has 0 bridgehead atoms. The fraction of sp³-hybridized carbons (Fsp3) is 0.688. The molecule has 0 aliphatic carbocycles. The van der Waals surface area contributed by atoms with Crippen molar-refractivity contribution in [3.8, 4) is 0 Å². The van der Waals surface area contributed by atoms with E-state index in [1.54, 1.807) is 13.8 Å². The van der Waals surface area contributed by atoms with Crippen molar-refractivity contribution in [2.45, 2.75) is 64.8 Å². The van der Waals surface area contributed by atoms with Crippen molar-refractivity contribution in [3.63, 3.8) is 0 Å². The monoisotopic (exact) mass is 343 g/mol. The summed E-state index contributed by atoms with van der Waals surface area (Å²) in [6, 6.07) is -1.19. The van der Waals surface area contributed by atoms with Gasteiger partial charge in [-0.2, -0.15) is 0 Å². The first-order valence-corrected chi connectivity index (χ1v) is 7.99. The summed E-state index contributed by atoms with van der Waals surface area (Å²) in [7, 11) is 0. The predicted octanol–water partition coefficient (Wildman–Crippen LogP) is 1.17. The maximum atomic E-state index is 11.8. The molecule has 0 rings (SSSR count). The number of Topliss-reactive ketones (excluding diaryl/α,β-unsaturated/α-hetero) is 2. The van der Waals surface area contributed by atoms with Crippen LogP contribution in [0.5, 0.6) is 0 Å². The van der Waals surface area contributed by atoms with E-state index >= 15 is 0 Å². The number of nitrogens with one attached hydrogen (secondary N) is 1. The van der Waals surface area contributed by atoms with Gasteiger partial charge in [0.05, 0.1) is 5.92 Å². The smallest absolute Gasteiger partial charge is 0.326 e. The molecular weight excluding hydrogens is 318 g/mol. The lowest BCUT2D eigenvalue weighted by Gasteiger charge is -2.15. The Labute approximate surface area is 140 Å². The lowest BCUT2D eigenvalue weighted by molar-refractivity contribution is -0.145. The Kier molecular flexibility index (Phi) is 10.3. The van der Waals surface area contributed by atoms with Gasteiger partial charge in [0.1, 0.15) is 17.6 Å². The Balaban J connectivity index is 4.50. The average Bonchev–Trinajstić information content (AvgIpc) is 2.53. The molecule has 0 radical (unpaired) electrons. The van der Waals surface area contributed by atoms with Gasteiger partial charge in [-0.3, -0.25) is 19.2 Å². The van der Waals surface area contributed by atoms with Gasteiger partial charge in [0.2, 0.25) is 5.91 Å². The van der Waals surface area contributed by atoms with Crippen molar-refractivity contribution in [3.05, 3.63) is 0 Å². The second-order valence-corrected chi connectivity index (χ2v) is 5.56. The number of carboxylic acid groups (broad SMARTS) is 2. The van der Waals surface area contributed by atoms with Gasteiger partial charge in [0.25, 0.3) is 0 Å². The van der Waals surface area contributed by atoms with Gasteiger partial charge in [0, 0.05) is 32.1 Å². The van der Waals surface area contributed by atoms with Crippen LogP contribution >= 0.6 is 0 Å². The maximum Gasteiger partial charge on any atom is 0.326 e. The molecule has 8 nitrogen and oxygen atoms in total. The van der Waals surface area contributed by atoms with E-state index in [4.69, 9.17) is 10.2 Å². The van der Waals surface area contributed by atoms with Gasteiger partial charge in [0.15, 0.2) is 0 Å². The Morgan fingerprint density at radius 3 is 1.88 bits per heavy atom. The first kappa shape index (κ1) is 21.8. The van der Waals surface area contributed by atoms with Crippen LogP contribution in [-0.4, -0.2) is 45.7 Å². The number of rotatable bonds is 13. The summed E-state index contributed by atoms with van der Waals surface area (Å²) < 4.78 is 0. The molecule has 8 heteroatoms. The molecule has 136 valence electrons. The fourth-order valence-electron chi connectivity index (χ4n) is 2.04. The van der Waals surface area contributed by atoms with Crippen molar-refractivity contribution < 1.29 is 34.2 Å². The van der Waals surface area contributed by atoms with Crippen molar-refractivity contribution in [2.24, 2.45) is 5.92 Å². The van der Waals surface area contributed by atoms with Gasteiger partial charge < -0.3 is 15.5 Å². The topological polar surface area (TPSA) is 138 Å². The van der Waals surface area contributed by atoms with E-state index in [2.05, 4.69) is 5.32 Å². The zero-order chi connectivity index (χ0) is 18.7. The third-order valence-electron chi connectivity index (χ3n) is 3.68. The second kappa shape index (κ2) is 11.3. The van der Waals surface area contributed by atoms with Crippen LogP contribution in [-0.2, 0) is 24.0 Å². The Morgan fingerprint density at radius 2 is 1.42 bits per heavy atom. The Morgan fingerprint density at radius 1 is 0.833 bits per heavy atom. The van der Waals surface area contributed by atoms with E-state index in [1.165, 1.54) is 0 Å². The van der Waals surface area contributed by atoms with E-state index in [9.17, 15) is 24.0 Å². The third kappa shape index (κ3) is 9.02. The van der Waals surface area contributed by atoms with Crippen LogP contribution in [0.1, 0.15) is 58.8 Å². The van der Waals surface area contributed by atoms with Crippen LogP contribution in [0, 0.1) is 5.92 Å². The minimum Gasteiger partial charge on any atom is -0.481 e. The standard InChI is InChI=1S/C16H25NO7/c1-3-11(18)6-7-13(16(23)24)17-14(20)8-5-10(15(21)22)9-12(19)4-2/h10,13H,3-9H2,1-2H3,(H,17,20)(H,21,22)(H,23,24)/t10-,13?/m1/s1. The van der Waals surface area contributed by atoms with Crippen LogP contribution < -0.4 is 5.32 Å². The van der Waals surface area contributed by atoms with Gasteiger partial charge in [-0.05, 0) is 12.8 Å². The molecule has 0 aromatic heterocycles. The lowest BCUT2D eigenvalue weighted by atomic mass is 9.96. The maximum absolute atomic E-state index is 11.8. The van der Waals surface area contributed by atoms with Crippen LogP contribution in [0.4, 0.5) is 0 Å². The molecule has 0 spiro atoms.